The molecule has 2 aliphatic heterocycles. The van der Waals surface area contributed by atoms with E-state index in [1.54, 1.807) is 15.9 Å². The van der Waals surface area contributed by atoms with Crippen LogP contribution in [0.4, 0.5) is 29.7 Å². The van der Waals surface area contributed by atoms with Gasteiger partial charge in [0, 0.05) is 51.4 Å². The van der Waals surface area contributed by atoms with Crippen LogP contribution in [-0.4, -0.2) is 78.4 Å². The summed E-state index contributed by atoms with van der Waals surface area (Å²) in [7, 11) is 0. The minimum atomic E-state index is -4.55. The van der Waals surface area contributed by atoms with E-state index in [1.807, 2.05) is 4.90 Å². The van der Waals surface area contributed by atoms with Gasteiger partial charge in [0.2, 0.25) is 10.1 Å². The number of rotatable bonds is 4. The maximum absolute atomic E-state index is 13.3. The van der Waals surface area contributed by atoms with Crippen molar-refractivity contribution in [2.45, 2.75) is 6.18 Å². The monoisotopic (exact) mass is 472 g/mol. The summed E-state index contributed by atoms with van der Waals surface area (Å²) in [5.74, 6) is -0.358. The number of nitro groups is 1. The molecule has 0 aliphatic carbocycles. The van der Waals surface area contributed by atoms with E-state index in [2.05, 4.69) is 10.2 Å². The van der Waals surface area contributed by atoms with Gasteiger partial charge in [-0.05, 0) is 6.07 Å². The molecule has 14 heteroatoms. The number of halogens is 3. The summed E-state index contributed by atoms with van der Waals surface area (Å²) >= 11 is 0.461. The minimum Gasteiger partial charge on any atom is -0.378 e. The van der Waals surface area contributed by atoms with Gasteiger partial charge in [0.15, 0.2) is 0 Å². The smallest absolute Gasteiger partial charge is 0.378 e. The van der Waals surface area contributed by atoms with E-state index in [0.717, 1.165) is 0 Å². The molecule has 172 valence electrons. The number of piperazine rings is 1. The fourth-order valence-electron chi connectivity index (χ4n) is 3.62. The molecule has 32 heavy (non-hydrogen) atoms. The number of carbonyl (C=O) groups is 1. The van der Waals surface area contributed by atoms with E-state index < -0.39 is 16.1 Å². The summed E-state index contributed by atoms with van der Waals surface area (Å²) < 4.78 is 43.7. The van der Waals surface area contributed by atoms with E-state index >= 15 is 0 Å². The average molecular weight is 472 g/mol. The first-order valence-electron chi connectivity index (χ1n) is 9.80. The standard InChI is InChI=1S/C18H19F3N6O4S/c19-18(20,21)16-22-23-17(32-16)26-5-3-25(4-6-26)15(28)13-11-12(27(29)30)1-2-14(13)24-7-9-31-10-8-24/h1-2,11H,3-10H2. The Hall–Kier alpha value is -3.00. The third kappa shape index (κ3) is 4.60. The number of nitrogens with zero attached hydrogens (tertiary/aromatic N) is 6. The number of hydrogen-bond acceptors (Lipinski definition) is 9. The molecule has 1 aromatic carbocycles. The second kappa shape index (κ2) is 8.86. The highest BCUT2D eigenvalue weighted by molar-refractivity contribution is 7.15. The fourth-order valence-corrected chi connectivity index (χ4v) is 4.38. The van der Waals surface area contributed by atoms with Crippen molar-refractivity contribution in [1.29, 1.82) is 0 Å². The number of benzene rings is 1. The van der Waals surface area contributed by atoms with Crippen molar-refractivity contribution in [3.8, 4) is 0 Å². The predicted molar refractivity (Wildman–Crippen MR) is 109 cm³/mol. The highest BCUT2D eigenvalue weighted by Crippen LogP contribution is 2.35. The molecule has 10 nitrogen and oxygen atoms in total. The molecule has 1 aromatic heterocycles. The molecule has 3 heterocycles. The van der Waals surface area contributed by atoms with Gasteiger partial charge in [-0.3, -0.25) is 14.9 Å². The summed E-state index contributed by atoms with van der Waals surface area (Å²) in [6.07, 6.45) is -4.55. The molecule has 0 unspecified atom stereocenters. The number of amides is 1. The molecule has 1 amide bonds. The average Bonchev–Trinajstić information content (AvgIpc) is 3.30. The number of carbonyl (C=O) groups excluding carboxylic acids is 1. The number of nitro benzene ring substituents is 1. The topological polar surface area (TPSA) is 105 Å². The number of ether oxygens (including phenoxy) is 1. The fraction of sp³-hybridized carbons (Fsp3) is 0.500. The van der Waals surface area contributed by atoms with Crippen molar-refractivity contribution in [3.63, 3.8) is 0 Å². The normalized spacial score (nSPS) is 17.5. The number of anilines is 2. The largest absolute Gasteiger partial charge is 0.445 e. The quantitative estimate of drug-likeness (QED) is 0.493. The second-order valence-electron chi connectivity index (χ2n) is 7.22. The van der Waals surface area contributed by atoms with Crippen LogP contribution in [0.3, 0.4) is 0 Å². The van der Waals surface area contributed by atoms with E-state index in [0.29, 0.717) is 43.3 Å². The van der Waals surface area contributed by atoms with Crippen LogP contribution in [0.2, 0.25) is 0 Å². The summed E-state index contributed by atoms with van der Waals surface area (Å²) in [6.45, 7) is 3.14. The molecule has 4 rings (SSSR count). The number of aromatic nitrogens is 2. The van der Waals surface area contributed by atoms with Gasteiger partial charge in [0.05, 0.1) is 29.4 Å². The van der Waals surface area contributed by atoms with Crippen LogP contribution in [0, 0.1) is 10.1 Å². The number of alkyl halides is 3. The number of non-ortho nitro benzene ring substituents is 1. The van der Waals surface area contributed by atoms with Crippen LogP contribution in [0.25, 0.3) is 0 Å². The molecule has 0 radical (unpaired) electrons. The van der Waals surface area contributed by atoms with Gasteiger partial charge in [-0.2, -0.15) is 13.2 Å². The molecule has 0 spiro atoms. The minimum absolute atomic E-state index is 0.147. The number of hydrogen-bond donors (Lipinski definition) is 0. The molecule has 2 fully saturated rings. The Balaban J connectivity index is 1.50. The Bertz CT molecular complexity index is 1000. The zero-order valence-corrected chi connectivity index (χ0v) is 17.6. The Kier molecular flexibility index (Phi) is 6.15. The van der Waals surface area contributed by atoms with Crippen LogP contribution in [0.15, 0.2) is 18.2 Å². The zero-order chi connectivity index (χ0) is 22.9. The SMILES string of the molecule is O=C(c1cc([N+](=O)[O-])ccc1N1CCOCC1)N1CCN(c2nnc(C(F)(F)F)s2)CC1. The van der Waals surface area contributed by atoms with E-state index in [1.165, 1.54) is 12.1 Å². The maximum Gasteiger partial charge on any atom is 0.445 e. The molecule has 2 saturated heterocycles. The third-order valence-electron chi connectivity index (χ3n) is 5.27. The van der Waals surface area contributed by atoms with Crippen LogP contribution in [-0.2, 0) is 10.9 Å². The van der Waals surface area contributed by atoms with Gasteiger partial charge in [-0.25, -0.2) is 0 Å². The highest BCUT2D eigenvalue weighted by atomic mass is 32.1. The Morgan fingerprint density at radius 2 is 1.75 bits per heavy atom. The van der Waals surface area contributed by atoms with Gasteiger partial charge >= 0.3 is 6.18 Å². The van der Waals surface area contributed by atoms with Crippen LogP contribution in [0.5, 0.6) is 0 Å². The highest BCUT2D eigenvalue weighted by Gasteiger charge is 2.37. The third-order valence-corrected chi connectivity index (χ3v) is 6.30. The molecule has 0 N–H and O–H groups in total. The first-order chi connectivity index (χ1) is 15.2. The van der Waals surface area contributed by atoms with Gasteiger partial charge in [0.25, 0.3) is 11.6 Å². The Morgan fingerprint density at radius 3 is 2.34 bits per heavy atom. The first kappa shape index (κ1) is 22.2. The van der Waals surface area contributed by atoms with E-state index in [4.69, 9.17) is 4.74 Å². The molecule has 2 aromatic rings. The summed E-state index contributed by atoms with van der Waals surface area (Å²) in [5.41, 5.74) is 0.646. The molecule has 0 saturated carbocycles. The second-order valence-corrected chi connectivity index (χ2v) is 8.18. The van der Waals surface area contributed by atoms with Crippen LogP contribution < -0.4 is 9.80 Å². The molecule has 0 atom stereocenters. The van der Waals surface area contributed by atoms with Crippen molar-refractivity contribution in [2.75, 3.05) is 62.3 Å². The van der Waals surface area contributed by atoms with Gasteiger partial charge in [-0.1, -0.05) is 11.3 Å². The summed E-state index contributed by atoms with van der Waals surface area (Å²) in [6, 6.07) is 4.22. The Morgan fingerprint density at radius 1 is 1.06 bits per heavy atom. The van der Waals surface area contributed by atoms with Gasteiger partial charge in [0.1, 0.15) is 0 Å². The number of morpholine rings is 1. The molecule has 0 bridgehead atoms. The van der Waals surface area contributed by atoms with Crippen molar-refractivity contribution < 1.29 is 27.6 Å². The van der Waals surface area contributed by atoms with Gasteiger partial charge < -0.3 is 19.4 Å². The molecule has 2 aliphatic rings. The lowest BCUT2D eigenvalue weighted by molar-refractivity contribution is -0.384. The first-order valence-corrected chi connectivity index (χ1v) is 10.6. The lowest BCUT2D eigenvalue weighted by atomic mass is 10.1. The zero-order valence-electron chi connectivity index (χ0n) is 16.7. The molecular formula is C18H19F3N6O4S. The predicted octanol–water partition coefficient (Wildman–Crippen LogP) is 2.26. The van der Waals surface area contributed by atoms with Crippen molar-refractivity contribution in [2.24, 2.45) is 0 Å². The Labute approximate surface area is 184 Å². The van der Waals surface area contributed by atoms with Crippen molar-refractivity contribution in [1.82, 2.24) is 15.1 Å². The summed E-state index contributed by atoms with van der Waals surface area (Å²) in [4.78, 5) is 29.1. The lowest BCUT2D eigenvalue weighted by Crippen LogP contribution is -2.49. The van der Waals surface area contributed by atoms with E-state index in [-0.39, 0.29) is 48.5 Å². The molecular weight excluding hydrogens is 453 g/mol. The maximum atomic E-state index is 13.3. The summed E-state index contributed by atoms with van der Waals surface area (Å²) in [5, 5.41) is 17.2. The van der Waals surface area contributed by atoms with Crippen LogP contribution in [0.1, 0.15) is 15.4 Å². The van der Waals surface area contributed by atoms with Crippen molar-refractivity contribution >= 4 is 33.8 Å². The van der Waals surface area contributed by atoms with Crippen molar-refractivity contribution in [3.05, 3.63) is 38.9 Å². The lowest BCUT2D eigenvalue weighted by Gasteiger charge is -2.36. The van der Waals surface area contributed by atoms with Gasteiger partial charge in [-0.15, -0.1) is 10.2 Å². The van der Waals surface area contributed by atoms with E-state index in [9.17, 15) is 28.1 Å². The van der Waals surface area contributed by atoms with Crippen LogP contribution >= 0.6 is 11.3 Å².